The Morgan fingerprint density at radius 2 is 2.17 bits per heavy atom. The summed E-state index contributed by atoms with van der Waals surface area (Å²) in [6.45, 7) is 4.23. The fourth-order valence-corrected chi connectivity index (χ4v) is 6.05. The number of carbonyl (C=O) groups excluding carboxylic acids is 1. The second-order valence-corrected chi connectivity index (χ2v) is 9.93. The summed E-state index contributed by atoms with van der Waals surface area (Å²) in [6.07, 6.45) is 2.66. The summed E-state index contributed by atoms with van der Waals surface area (Å²) in [4.78, 5) is 12.8. The minimum Gasteiger partial charge on any atom is -0.401 e. The Bertz CT molecular complexity index is 1100. The van der Waals surface area contributed by atoms with Crippen molar-refractivity contribution in [3.63, 3.8) is 0 Å². The lowest BCUT2D eigenvalue weighted by atomic mass is 10.2. The molecule has 0 saturated carbocycles. The van der Waals surface area contributed by atoms with Crippen molar-refractivity contribution in [3.05, 3.63) is 29.8 Å². The van der Waals surface area contributed by atoms with Gasteiger partial charge in [-0.2, -0.15) is 9.40 Å². The van der Waals surface area contributed by atoms with Crippen molar-refractivity contribution in [2.24, 2.45) is 0 Å². The van der Waals surface area contributed by atoms with Gasteiger partial charge in [0.2, 0.25) is 5.91 Å². The van der Waals surface area contributed by atoms with Crippen LogP contribution in [0.2, 0.25) is 0 Å². The number of thiophene rings is 1. The highest BCUT2D eigenvalue weighted by molar-refractivity contribution is 7.91. The molecular formula is C17H20N6O4S2. The second kappa shape index (κ2) is 7.69. The summed E-state index contributed by atoms with van der Waals surface area (Å²) in [5.41, 5.74) is 0.635. The largest absolute Gasteiger partial charge is 0.401 e. The van der Waals surface area contributed by atoms with Gasteiger partial charge >= 0.3 is 6.01 Å². The van der Waals surface area contributed by atoms with Gasteiger partial charge in [0.15, 0.2) is 0 Å². The Morgan fingerprint density at radius 1 is 1.34 bits per heavy atom. The molecule has 1 N–H and O–H groups in total. The van der Waals surface area contributed by atoms with Crippen molar-refractivity contribution in [2.45, 2.75) is 43.0 Å². The predicted octanol–water partition coefficient (Wildman–Crippen LogP) is 2.37. The molecule has 1 aliphatic heterocycles. The molecule has 1 saturated heterocycles. The molecule has 4 rings (SSSR count). The van der Waals surface area contributed by atoms with Gasteiger partial charge in [0.25, 0.3) is 15.9 Å². The number of amides is 1. The zero-order valence-electron chi connectivity index (χ0n) is 15.8. The normalized spacial score (nSPS) is 17.8. The summed E-state index contributed by atoms with van der Waals surface area (Å²) in [5, 5.41) is 16.3. The Labute approximate surface area is 171 Å². The van der Waals surface area contributed by atoms with E-state index in [1.807, 2.05) is 13.8 Å². The molecule has 1 atom stereocenters. The maximum atomic E-state index is 12.8. The maximum absolute atomic E-state index is 12.8. The van der Waals surface area contributed by atoms with Gasteiger partial charge in [-0.3, -0.25) is 14.8 Å². The van der Waals surface area contributed by atoms with E-state index in [2.05, 4.69) is 20.6 Å². The summed E-state index contributed by atoms with van der Waals surface area (Å²) < 4.78 is 34.4. The Balaban J connectivity index is 1.51. The van der Waals surface area contributed by atoms with E-state index in [0.29, 0.717) is 25.1 Å². The molecule has 3 aromatic heterocycles. The molecule has 12 heteroatoms. The fourth-order valence-electron chi connectivity index (χ4n) is 3.28. The highest BCUT2D eigenvalue weighted by Gasteiger charge is 2.40. The molecule has 1 amide bonds. The van der Waals surface area contributed by atoms with Crippen molar-refractivity contribution >= 4 is 33.3 Å². The predicted molar refractivity (Wildman–Crippen MR) is 106 cm³/mol. The average molecular weight is 437 g/mol. The molecule has 0 spiro atoms. The van der Waals surface area contributed by atoms with E-state index in [-0.39, 0.29) is 22.2 Å². The van der Waals surface area contributed by atoms with E-state index in [4.69, 9.17) is 4.42 Å². The zero-order chi connectivity index (χ0) is 20.6. The number of carbonyl (C=O) groups is 1. The van der Waals surface area contributed by atoms with Gasteiger partial charge in [-0.25, -0.2) is 8.42 Å². The van der Waals surface area contributed by atoms with Crippen LogP contribution in [0.5, 0.6) is 0 Å². The smallest absolute Gasteiger partial charge is 0.322 e. The van der Waals surface area contributed by atoms with Crippen LogP contribution in [-0.2, 0) is 14.8 Å². The molecule has 1 fully saturated rings. The third-order valence-corrected chi connectivity index (χ3v) is 7.88. The fraction of sp³-hybridized carbons (Fsp3) is 0.412. The third-order valence-electron chi connectivity index (χ3n) is 4.60. The molecule has 10 nitrogen and oxygen atoms in total. The van der Waals surface area contributed by atoms with Gasteiger partial charge in [0, 0.05) is 18.8 Å². The van der Waals surface area contributed by atoms with Crippen LogP contribution in [0.1, 0.15) is 32.7 Å². The van der Waals surface area contributed by atoms with Crippen LogP contribution in [0.15, 0.2) is 38.4 Å². The first kappa shape index (κ1) is 19.7. The van der Waals surface area contributed by atoms with Crippen molar-refractivity contribution in [1.29, 1.82) is 0 Å². The number of aromatic nitrogens is 4. The molecular weight excluding hydrogens is 416 g/mol. The molecule has 1 unspecified atom stereocenters. The Morgan fingerprint density at radius 3 is 2.90 bits per heavy atom. The Hall–Kier alpha value is -2.57. The number of sulfonamides is 1. The highest BCUT2D eigenvalue weighted by Crippen LogP contribution is 2.29. The SMILES string of the molecule is CC(C)n1nccc1-c1nnc(NC(=O)C2CCCN2S(=O)(=O)c2cccs2)o1. The van der Waals surface area contributed by atoms with Crippen molar-refractivity contribution < 1.29 is 17.6 Å². The lowest BCUT2D eigenvalue weighted by molar-refractivity contribution is -0.119. The highest BCUT2D eigenvalue weighted by atomic mass is 32.2. The lowest BCUT2D eigenvalue weighted by Gasteiger charge is -2.21. The summed E-state index contributed by atoms with van der Waals surface area (Å²) in [5.74, 6) is -0.267. The van der Waals surface area contributed by atoms with E-state index >= 15 is 0 Å². The van der Waals surface area contributed by atoms with Gasteiger partial charge in [-0.1, -0.05) is 11.2 Å². The quantitative estimate of drug-likeness (QED) is 0.629. The van der Waals surface area contributed by atoms with Crippen LogP contribution >= 0.6 is 11.3 Å². The van der Waals surface area contributed by atoms with Crippen LogP contribution in [-0.4, -0.2) is 51.2 Å². The first-order chi connectivity index (χ1) is 13.9. The molecule has 0 aliphatic carbocycles. The zero-order valence-corrected chi connectivity index (χ0v) is 17.5. The molecule has 1 aliphatic rings. The topological polar surface area (TPSA) is 123 Å². The minimum absolute atomic E-state index is 0.0816. The number of rotatable bonds is 6. The molecule has 29 heavy (non-hydrogen) atoms. The number of anilines is 1. The van der Waals surface area contributed by atoms with Crippen LogP contribution in [0.3, 0.4) is 0 Å². The van der Waals surface area contributed by atoms with E-state index < -0.39 is 22.0 Å². The van der Waals surface area contributed by atoms with E-state index in [1.165, 1.54) is 10.4 Å². The molecule has 0 aromatic carbocycles. The van der Waals surface area contributed by atoms with Gasteiger partial charge in [-0.05, 0) is 44.2 Å². The van der Waals surface area contributed by atoms with Gasteiger partial charge in [0.05, 0.1) is 0 Å². The van der Waals surface area contributed by atoms with Crippen molar-refractivity contribution in [2.75, 3.05) is 11.9 Å². The molecule has 4 heterocycles. The standard InChI is InChI=1S/C17H20N6O4S2/c1-11(2)23-13(7-8-18-23)16-20-21-17(27-16)19-15(24)12-5-3-9-22(12)29(25,26)14-6-4-10-28-14/h4,6-8,10-12H,3,5,9H2,1-2H3,(H,19,21,24). The second-order valence-electron chi connectivity index (χ2n) is 6.86. The van der Waals surface area contributed by atoms with E-state index in [0.717, 1.165) is 11.3 Å². The Kier molecular flexibility index (Phi) is 5.23. The first-order valence-electron chi connectivity index (χ1n) is 9.11. The summed E-state index contributed by atoms with van der Waals surface area (Å²) in [7, 11) is -3.71. The maximum Gasteiger partial charge on any atom is 0.322 e. The summed E-state index contributed by atoms with van der Waals surface area (Å²) >= 11 is 1.13. The lowest BCUT2D eigenvalue weighted by Crippen LogP contribution is -2.42. The van der Waals surface area contributed by atoms with Crippen molar-refractivity contribution in [3.8, 4) is 11.6 Å². The van der Waals surface area contributed by atoms with Gasteiger partial charge in [0.1, 0.15) is 15.9 Å². The minimum atomic E-state index is -3.71. The number of nitrogens with zero attached hydrogens (tertiary/aromatic N) is 5. The first-order valence-corrected chi connectivity index (χ1v) is 11.4. The van der Waals surface area contributed by atoms with Crippen molar-refractivity contribution in [1.82, 2.24) is 24.3 Å². The molecule has 3 aromatic rings. The molecule has 0 bridgehead atoms. The molecule has 154 valence electrons. The van der Waals surface area contributed by atoms with Crippen LogP contribution in [0.25, 0.3) is 11.6 Å². The number of hydrogen-bond acceptors (Lipinski definition) is 8. The van der Waals surface area contributed by atoms with Gasteiger partial charge in [-0.15, -0.1) is 16.4 Å². The van der Waals surface area contributed by atoms with Crippen LogP contribution < -0.4 is 5.32 Å². The average Bonchev–Trinajstić information content (AvgIpc) is 3.48. The molecule has 0 radical (unpaired) electrons. The summed E-state index contributed by atoms with van der Waals surface area (Å²) in [6, 6.07) is 4.14. The van der Waals surface area contributed by atoms with Crippen LogP contribution in [0.4, 0.5) is 6.01 Å². The van der Waals surface area contributed by atoms with Gasteiger partial charge < -0.3 is 4.42 Å². The monoisotopic (exact) mass is 436 g/mol. The van der Waals surface area contributed by atoms with Crippen LogP contribution in [0, 0.1) is 0 Å². The number of nitrogens with one attached hydrogen (secondary N) is 1. The number of hydrogen-bond donors (Lipinski definition) is 1. The van der Waals surface area contributed by atoms with E-state index in [9.17, 15) is 13.2 Å². The van der Waals surface area contributed by atoms with E-state index in [1.54, 1.807) is 28.4 Å². The third kappa shape index (κ3) is 3.70.